The Balaban J connectivity index is 1.84. The van der Waals surface area contributed by atoms with Crippen LogP contribution in [0.1, 0.15) is 36.1 Å². The molecular weight excluding hydrogens is 386 g/mol. The standard InChI is InChI=1S/C24H24ClNOS/c1-3-22(28-20-15-13-19(25)14-16-20)24(27)26-23(18-10-5-4-6-11-18)21-12-8-7-9-17(21)2/h4-16,22-23H,3H2,1-2H3,(H,26,27)/t22-,23-/m0/s1. The van der Waals surface area contributed by atoms with Gasteiger partial charge in [-0.1, -0.05) is 73.1 Å². The van der Waals surface area contributed by atoms with Crippen molar-refractivity contribution in [3.63, 3.8) is 0 Å². The molecule has 3 aromatic carbocycles. The summed E-state index contributed by atoms with van der Waals surface area (Å²) in [7, 11) is 0. The first kappa shape index (κ1) is 20.5. The number of aryl methyl sites for hydroxylation is 1. The minimum Gasteiger partial charge on any atom is -0.344 e. The average Bonchev–Trinajstić information content (AvgIpc) is 2.72. The highest BCUT2D eigenvalue weighted by molar-refractivity contribution is 8.00. The van der Waals surface area contributed by atoms with E-state index in [1.807, 2.05) is 61.5 Å². The molecule has 0 saturated heterocycles. The van der Waals surface area contributed by atoms with Crippen molar-refractivity contribution in [2.75, 3.05) is 0 Å². The van der Waals surface area contributed by atoms with Crippen LogP contribution in [-0.2, 0) is 4.79 Å². The topological polar surface area (TPSA) is 29.1 Å². The molecule has 3 rings (SSSR count). The average molecular weight is 410 g/mol. The molecule has 28 heavy (non-hydrogen) atoms. The highest BCUT2D eigenvalue weighted by Crippen LogP contribution is 2.29. The van der Waals surface area contributed by atoms with Crippen LogP contribution in [0.25, 0.3) is 0 Å². The van der Waals surface area contributed by atoms with Gasteiger partial charge < -0.3 is 5.32 Å². The molecule has 0 saturated carbocycles. The third-order valence-corrected chi connectivity index (χ3v) is 6.30. The SMILES string of the molecule is CC[C@H](Sc1ccc(Cl)cc1)C(=O)N[C@@H](c1ccccc1)c1ccccc1C. The van der Waals surface area contributed by atoms with Gasteiger partial charge in [0.15, 0.2) is 0 Å². The Kier molecular flexibility index (Phi) is 7.18. The Labute approximate surface area is 176 Å². The minimum atomic E-state index is -0.172. The lowest BCUT2D eigenvalue weighted by molar-refractivity contribution is -0.121. The van der Waals surface area contributed by atoms with Gasteiger partial charge in [-0.3, -0.25) is 4.79 Å². The molecule has 0 radical (unpaired) electrons. The molecule has 2 atom stereocenters. The molecule has 0 aliphatic carbocycles. The summed E-state index contributed by atoms with van der Waals surface area (Å²) in [5.41, 5.74) is 3.36. The number of nitrogens with one attached hydrogen (secondary N) is 1. The predicted octanol–water partition coefficient (Wildman–Crippen LogP) is 6.42. The molecule has 0 unspecified atom stereocenters. The Morgan fingerprint density at radius 1 is 0.964 bits per heavy atom. The second-order valence-corrected chi connectivity index (χ2v) is 8.39. The van der Waals surface area contributed by atoms with Crippen LogP contribution in [-0.4, -0.2) is 11.2 Å². The Morgan fingerprint density at radius 2 is 1.61 bits per heavy atom. The van der Waals surface area contributed by atoms with Crippen LogP contribution in [0.15, 0.2) is 83.8 Å². The van der Waals surface area contributed by atoms with Crippen molar-refractivity contribution in [2.24, 2.45) is 0 Å². The molecule has 4 heteroatoms. The van der Waals surface area contributed by atoms with Crippen molar-refractivity contribution in [1.29, 1.82) is 0 Å². The summed E-state index contributed by atoms with van der Waals surface area (Å²) in [6.07, 6.45) is 0.744. The van der Waals surface area contributed by atoms with Crippen molar-refractivity contribution >= 4 is 29.3 Å². The van der Waals surface area contributed by atoms with E-state index in [-0.39, 0.29) is 17.2 Å². The molecule has 2 nitrogen and oxygen atoms in total. The van der Waals surface area contributed by atoms with Gasteiger partial charge in [0.1, 0.15) is 0 Å². The molecule has 0 aliphatic rings. The summed E-state index contributed by atoms with van der Waals surface area (Å²) >= 11 is 7.55. The molecule has 0 aliphatic heterocycles. The first-order chi connectivity index (χ1) is 13.6. The molecule has 0 heterocycles. The minimum absolute atomic E-state index is 0.0413. The predicted molar refractivity (Wildman–Crippen MR) is 119 cm³/mol. The first-order valence-corrected chi connectivity index (χ1v) is 10.7. The zero-order chi connectivity index (χ0) is 19.9. The lowest BCUT2D eigenvalue weighted by Gasteiger charge is -2.24. The third kappa shape index (κ3) is 5.18. The van der Waals surface area contributed by atoms with Gasteiger partial charge in [0.2, 0.25) is 5.91 Å². The van der Waals surface area contributed by atoms with E-state index < -0.39 is 0 Å². The van der Waals surface area contributed by atoms with Crippen LogP contribution < -0.4 is 5.32 Å². The maximum Gasteiger partial charge on any atom is 0.234 e. The summed E-state index contributed by atoms with van der Waals surface area (Å²) in [6.45, 7) is 4.12. The molecule has 1 amide bonds. The maximum atomic E-state index is 13.2. The fraction of sp³-hybridized carbons (Fsp3) is 0.208. The van der Waals surface area contributed by atoms with Gasteiger partial charge in [0, 0.05) is 9.92 Å². The van der Waals surface area contributed by atoms with Crippen LogP contribution >= 0.6 is 23.4 Å². The molecule has 1 N–H and O–H groups in total. The van der Waals surface area contributed by atoms with Gasteiger partial charge in [-0.15, -0.1) is 11.8 Å². The lowest BCUT2D eigenvalue weighted by atomic mass is 9.95. The summed E-state index contributed by atoms with van der Waals surface area (Å²) < 4.78 is 0. The van der Waals surface area contributed by atoms with Gasteiger partial charge in [-0.25, -0.2) is 0 Å². The van der Waals surface area contributed by atoms with Crippen LogP contribution in [0.5, 0.6) is 0 Å². The quantitative estimate of drug-likeness (QED) is 0.456. The second kappa shape index (κ2) is 9.81. The smallest absolute Gasteiger partial charge is 0.234 e. The second-order valence-electron chi connectivity index (χ2n) is 6.68. The number of amides is 1. The van der Waals surface area contributed by atoms with E-state index in [1.54, 1.807) is 11.8 Å². The van der Waals surface area contributed by atoms with E-state index in [0.717, 1.165) is 28.0 Å². The summed E-state index contributed by atoms with van der Waals surface area (Å²) in [5, 5.41) is 3.82. The summed E-state index contributed by atoms with van der Waals surface area (Å²) in [4.78, 5) is 14.2. The number of hydrogen-bond donors (Lipinski definition) is 1. The van der Waals surface area contributed by atoms with Gasteiger partial charge >= 0.3 is 0 Å². The highest BCUT2D eigenvalue weighted by Gasteiger charge is 2.24. The van der Waals surface area contributed by atoms with E-state index in [1.165, 1.54) is 0 Å². The summed E-state index contributed by atoms with van der Waals surface area (Å²) in [5.74, 6) is 0.0413. The molecule has 0 fully saturated rings. The van der Waals surface area contributed by atoms with Crippen molar-refractivity contribution in [3.05, 3.63) is 101 Å². The molecule has 0 bridgehead atoms. The molecule has 0 aromatic heterocycles. The number of benzene rings is 3. The van der Waals surface area contributed by atoms with E-state index in [4.69, 9.17) is 11.6 Å². The number of carbonyl (C=O) groups excluding carboxylic acids is 1. The Morgan fingerprint density at radius 3 is 2.25 bits per heavy atom. The van der Waals surface area contributed by atoms with Gasteiger partial charge in [-0.05, 0) is 54.3 Å². The van der Waals surface area contributed by atoms with Crippen molar-refractivity contribution < 1.29 is 4.79 Å². The molecular formula is C24H24ClNOS. The normalized spacial score (nSPS) is 13.0. The van der Waals surface area contributed by atoms with E-state index >= 15 is 0 Å². The number of thioether (sulfide) groups is 1. The Bertz CT molecular complexity index is 911. The number of halogens is 1. The van der Waals surface area contributed by atoms with Crippen molar-refractivity contribution in [2.45, 2.75) is 36.5 Å². The number of hydrogen-bond acceptors (Lipinski definition) is 2. The fourth-order valence-electron chi connectivity index (χ4n) is 3.13. The van der Waals surface area contributed by atoms with Gasteiger partial charge in [0.05, 0.1) is 11.3 Å². The molecule has 0 spiro atoms. The lowest BCUT2D eigenvalue weighted by Crippen LogP contribution is -2.36. The van der Waals surface area contributed by atoms with Crippen LogP contribution in [0, 0.1) is 6.92 Å². The molecule has 144 valence electrons. The van der Waals surface area contributed by atoms with Crippen molar-refractivity contribution in [1.82, 2.24) is 5.32 Å². The zero-order valence-electron chi connectivity index (χ0n) is 16.1. The fourth-order valence-corrected chi connectivity index (χ4v) is 4.22. The van der Waals surface area contributed by atoms with Crippen LogP contribution in [0.3, 0.4) is 0 Å². The van der Waals surface area contributed by atoms with Crippen molar-refractivity contribution in [3.8, 4) is 0 Å². The van der Waals surface area contributed by atoms with E-state index in [9.17, 15) is 4.79 Å². The highest BCUT2D eigenvalue weighted by atomic mass is 35.5. The van der Waals surface area contributed by atoms with Crippen LogP contribution in [0.4, 0.5) is 0 Å². The number of carbonyl (C=O) groups is 1. The summed E-state index contributed by atoms with van der Waals surface area (Å²) in [6, 6.07) is 25.8. The maximum absolute atomic E-state index is 13.2. The Hall–Kier alpha value is -2.23. The first-order valence-electron chi connectivity index (χ1n) is 9.41. The van der Waals surface area contributed by atoms with E-state index in [2.05, 4.69) is 36.5 Å². The van der Waals surface area contributed by atoms with Gasteiger partial charge in [-0.2, -0.15) is 0 Å². The molecule has 3 aromatic rings. The monoisotopic (exact) mass is 409 g/mol. The zero-order valence-corrected chi connectivity index (χ0v) is 17.6. The van der Waals surface area contributed by atoms with E-state index in [0.29, 0.717) is 5.02 Å². The van der Waals surface area contributed by atoms with Crippen LogP contribution in [0.2, 0.25) is 5.02 Å². The number of rotatable bonds is 7. The largest absolute Gasteiger partial charge is 0.344 e. The van der Waals surface area contributed by atoms with Gasteiger partial charge in [0.25, 0.3) is 0 Å². The third-order valence-electron chi connectivity index (χ3n) is 4.67.